The smallest absolute Gasteiger partial charge is 0.338 e. The van der Waals surface area contributed by atoms with E-state index < -0.39 is 0 Å². The van der Waals surface area contributed by atoms with Crippen LogP contribution in [0.25, 0.3) is 33.4 Å². The molecule has 29 heavy (non-hydrogen) atoms. The van der Waals surface area contributed by atoms with Gasteiger partial charge in [0.25, 0.3) is 0 Å². The van der Waals surface area contributed by atoms with Gasteiger partial charge in [0, 0.05) is 0 Å². The van der Waals surface area contributed by atoms with Crippen molar-refractivity contribution in [2.75, 3.05) is 7.11 Å². The number of hydrogen-bond donors (Lipinski definition) is 0. The van der Waals surface area contributed by atoms with Crippen LogP contribution in [-0.2, 0) is 4.74 Å². The Bertz CT molecular complexity index is 1160. The molecule has 0 bridgehead atoms. The zero-order valence-corrected chi connectivity index (χ0v) is 16.6. The summed E-state index contributed by atoms with van der Waals surface area (Å²) in [5.74, 6) is -0.323. The minimum Gasteiger partial charge on any atom is -0.465 e. The third-order valence-electron chi connectivity index (χ3n) is 5.16. The van der Waals surface area contributed by atoms with Gasteiger partial charge in [-0.25, -0.2) is 4.79 Å². The van der Waals surface area contributed by atoms with Crippen LogP contribution in [0.4, 0.5) is 0 Å². The summed E-state index contributed by atoms with van der Waals surface area (Å²) in [7, 11) is 1.42. The standard InChI is InChI=1S/C27H22O2/c1-19-10-8-17-25(27(28)29-2)26(19)24-16-7-6-15-23(24)22-14-9-13-21(18-22)20-11-4-3-5-12-20/h3-18H,1-2H3. The molecule has 0 N–H and O–H groups in total. The molecule has 0 radical (unpaired) electrons. The lowest BCUT2D eigenvalue weighted by atomic mass is 9.88. The second-order valence-electron chi connectivity index (χ2n) is 6.98. The van der Waals surface area contributed by atoms with Crippen LogP contribution in [0, 0.1) is 6.92 Å². The maximum atomic E-state index is 12.4. The third kappa shape index (κ3) is 3.70. The largest absolute Gasteiger partial charge is 0.465 e. The van der Waals surface area contributed by atoms with E-state index >= 15 is 0 Å². The Hall–Kier alpha value is -3.65. The predicted octanol–water partition coefficient (Wildman–Crippen LogP) is 6.78. The number of methoxy groups -OCH3 is 1. The Kier molecular flexibility index (Phi) is 5.26. The first kappa shape index (κ1) is 18.7. The highest BCUT2D eigenvalue weighted by Gasteiger charge is 2.18. The van der Waals surface area contributed by atoms with E-state index in [4.69, 9.17) is 4.74 Å². The van der Waals surface area contributed by atoms with Crippen molar-refractivity contribution in [2.24, 2.45) is 0 Å². The van der Waals surface area contributed by atoms with E-state index in [2.05, 4.69) is 48.5 Å². The number of carbonyl (C=O) groups is 1. The molecule has 0 spiro atoms. The first-order valence-corrected chi connectivity index (χ1v) is 9.62. The van der Waals surface area contributed by atoms with Gasteiger partial charge in [0.2, 0.25) is 0 Å². The van der Waals surface area contributed by atoms with Gasteiger partial charge in [0.05, 0.1) is 12.7 Å². The fourth-order valence-electron chi connectivity index (χ4n) is 3.76. The van der Waals surface area contributed by atoms with Gasteiger partial charge >= 0.3 is 5.97 Å². The topological polar surface area (TPSA) is 26.3 Å². The molecule has 0 unspecified atom stereocenters. The van der Waals surface area contributed by atoms with Crippen LogP contribution in [0.3, 0.4) is 0 Å². The summed E-state index contributed by atoms with van der Waals surface area (Å²) in [6.45, 7) is 2.03. The van der Waals surface area contributed by atoms with Crippen LogP contribution in [0.15, 0.2) is 97.1 Å². The number of carbonyl (C=O) groups excluding carboxylic acids is 1. The van der Waals surface area contributed by atoms with E-state index in [0.29, 0.717) is 5.56 Å². The fourth-order valence-corrected chi connectivity index (χ4v) is 3.76. The van der Waals surface area contributed by atoms with Gasteiger partial charge in [0.15, 0.2) is 0 Å². The van der Waals surface area contributed by atoms with Crippen molar-refractivity contribution in [3.63, 3.8) is 0 Å². The van der Waals surface area contributed by atoms with Crippen molar-refractivity contribution in [1.29, 1.82) is 0 Å². The zero-order valence-electron chi connectivity index (χ0n) is 16.6. The number of aryl methyl sites for hydroxylation is 1. The van der Waals surface area contributed by atoms with Gasteiger partial charge in [-0.2, -0.15) is 0 Å². The average molecular weight is 378 g/mol. The Morgan fingerprint density at radius 2 is 1.28 bits per heavy atom. The number of rotatable bonds is 4. The minimum absolute atomic E-state index is 0.323. The van der Waals surface area contributed by atoms with Gasteiger partial charge in [-0.15, -0.1) is 0 Å². The van der Waals surface area contributed by atoms with E-state index in [0.717, 1.165) is 33.4 Å². The van der Waals surface area contributed by atoms with Crippen LogP contribution in [0.5, 0.6) is 0 Å². The summed E-state index contributed by atoms with van der Waals surface area (Å²) in [4.78, 5) is 12.4. The molecule has 0 fully saturated rings. The van der Waals surface area contributed by atoms with Crippen LogP contribution >= 0.6 is 0 Å². The van der Waals surface area contributed by atoms with Crippen molar-refractivity contribution < 1.29 is 9.53 Å². The molecule has 0 heterocycles. The molecule has 0 aliphatic heterocycles. The molecule has 2 heteroatoms. The number of benzene rings is 4. The van der Waals surface area contributed by atoms with Crippen molar-refractivity contribution in [1.82, 2.24) is 0 Å². The number of esters is 1. The van der Waals surface area contributed by atoms with Gasteiger partial charge in [-0.05, 0) is 58.0 Å². The average Bonchev–Trinajstić information content (AvgIpc) is 2.79. The molecule has 0 saturated heterocycles. The highest BCUT2D eigenvalue weighted by atomic mass is 16.5. The lowest BCUT2D eigenvalue weighted by Gasteiger charge is -2.16. The van der Waals surface area contributed by atoms with Crippen LogP contribution in [-0.4, -0.2) is 13.1 Å². The molecule has 0 saturated carbocycles. The predicted molar refractivity (Wildman–Crippen MR) is 119 cm³/mol. The Labute approximate surface area is 171 Å². The second-order valence-corrected chi connectivity index (χ2v) is 6.98. The molecular weight excluding hydrogens is 356 g/mol. The Morgan fingerprint density at radius 1 is 0.655 bits per heavy atom. The molecule has 0 aliphatic carbocycles. The lowest BCUT2D eigenvalue weighted by Crippen LogP contribution is -2.05. The Morgan fingerprint density at radius 3 is 2.03 bits per heavy atom. The molecule has 4 rings (SSSR count). The van der Waals surface area contributed by atoms with Crippen LogP contribution < -0.4 is 0 Å². The molecule has 0 atom stereocenters. The summed E-state index contributed by atoms with van der Waals surface area (Å²) in [6.07, 6.45) is 0. The fraction of sp³-hybridized carbons (Fsp3) is 0.0741. The lowest BCUT2D eigenvalue weighted by molar-refractivity contribution is 0.0601. The summed E-state index contributed by atoms with van der Waals surface area (Å²) < 4.78 is 5.04. The maximum Gasteiger partial charge on any atom is 0.338 e. The monoisotopic (exact) mass is 378 g/mol. The molecule has 142 valence electrons. The van der Waals surface area contributed by atoms with Crippen LogP contribution in [0.1, 0.15) is 15.9 Å². The molecule has 0 aromatic heterocycles. The van der Waals surface area contributed by atoms with Gasteiger partial charge in [0.1, 0.15) is 0 Å². The van der Waals surface area contributed by atoms with E-state index in [1.165, 1.54) is 12.7 Å². The molecule has 0 aliphatic rings. The van der Waals surface area contributed by atoms with Crippen molar-refractivity contribution in [3.05, 3.63) is 108 Å². The van der Waals surface area contributed by atoms with Gasteiger partial charge in [-0.1, -0.05) is 84.9 Å². The second kappa shape index (κ2) is 8.15. The molecule has 4 aromatic rings. The van der Waals surface area contributed by atoms with E-state index in [1.54, 1.807) is 0 Å². The molecule has 0 amide bonds. The molecule has 4 aromatic carbocycles. The maximum absolute atomic E-state index is 12.4. The summed E-state index contributed by atoms with van der Waals surface area (Å²) >= 11 is 0. The van der Waals surface area contributed by atoms with Crippen molar-refractivity contribution in [3.8, 4) is 33.4 Å². The highest BCUT2D eigenvalue weighted by molar-refractivity contribution is 6.01. The Balaban J connectivity index is 1.90. The van der Waals surface area contributed by atoms with Gasteiger partial charge < -0.3 is 4.74 Å². The number of ether oxygens (including phenoxy) is 1. The first-order valence-electron chi connectivity index (χ1n) is 9.62. The molecule has 2 nitrogen and oxygen atoms in total. The number of hydrogen-bond acceptors (Lipinski definition) is 2. The third-order valence-corrected chi connectivity index (χ3v) is 5.16. The van der Waals surface area contributed by atoms with Crippen molar-refractivity contribution in [2.45, 2.75) is 6.92 Å². The van der Waals surface area contributed by atoms with Gasteiger partial charge in [-0.3, -0.25) is 0 Å². The first-order chi connectivity index (χ1) is 14.2. The zero-order chi connectivity index (χ0) is 20.2. The molecular formula is C27H22O2. The SMILES string of the molecule is COC(=O)c1cccc(C)c1-c1ccccc1-c1cccc(-c2ccccc2)c1. The minimum atomic E-state index is -0.323. The van der Waals surface area contributed by atoms with E-state index in [9.17, 15) is 4.79 Å². The van der Waals surface area contributed by atoms with Crippen molar-refractivity contribution >= 4 is 5.97 Å². The highest BCUT2D eigenvalue weighted by Crippen LogP contribution is 2.37. The van der Waals surface area contributed by atoms with E-state index in [-0.39, 0.29) is 5.97 Å². The summed E-state index contributed by atoms with van der Waals surface area (Å²) in [5, 5.41) is 0. The van der Waals surface area contributed by atoms with Crippen LogP contribution in [0.2, 0.25) is 0 Å². The quantitative estimate of drug-likeness (QED) is 0.366. The summed E-state index contributed by atoms with van der Waals surface area (Å²) in [6, 6.07) is 32.8. The van der Waals surface area contributed by atoms with E-state index in [1.807, 2.05) is 55.5 Å². The normalized spacial score (nSPS) is 10.6. The summed E-state index contributed by atoms with van der Waals surface area (Å²) in [5.41, 5.74) is 8.11.